The normalized spacial score (nSPS) is 19.5. The molecule has 1 aliphatic heterocycles. The number of amides is 17. The van der Waals surface area contributed by atoms with Gasteiger partial charge in [0.15, 0.2) is 0 Å². The Kier molecular flexibility index (Phi) is 62.7. The average Bonchev–Trinajstić information content (AvgIpc) is 0.861. The number of carbonyl (C=O) groups is 18. The molecule has 0 radical (unpaired) electrons. The number of ether oxygens (including phenoxy) is 3. The molecule has 2 rings (SSSR count). The van der Waals surface area contributed by atoms with Gasteiger partial charge >= 0.3 is 5.97 Å². The Morgan fingerprint density at radius 3 is 1.31 bits per heavy atom. The molecular formula is C99H174N22O23. The van der Waals surface area contributed by atoms with Gasteiger partial charge < -0.3 is 143 Å². The fourth-order valence-electron chi connectivity index (χ4n) is 15.5. The van der Waals surface area contributed by atoms with Crippen molar-refractivity contribution in [1.82, 2.24) is 90.4 Å². The van der Waals surface area contributed by atoms with E-state index in [4.69, 9.17) is 42.9 Å². The molecule has 0 spiro atoms. The quantitative estimate of drug-likeness (QED) is 0.0266. The van der Waals surface area contributed by atoms with E-state index < -0.39 is 227 Å². The Hall–Kier alpha value is -10.9. The number of benzene rings is 1. The molecule has 0 saturated carbocycles. The fraction of sp³-hybridized carbons (Fsp3) is 0.737. The summed E-state index contributed by atoms with van der Waals surface area (Å²) in [6, 6.07) is -11.8. The Labute approximate surface area is 849 Å². The first-order valence-electron chi connectivity index (χ1n) is 51.0. The van der Waals surface area contributed by atoms with Crippen molar-refractivity contribution < 1.29 is 111 Å². The van der Waals surface area contributed by atoms with Crippen molar-refractivity contribution in [3.8, 4) is 0 Å². The summed E-state index contributed by atoms with van der Waals surface area (Å²) in [5.41, 5.74) is 25.7. The molecule has 45 heteroatoms. The van der Waals surface area contributed by atoms with Crippen LogP contribution in [0.2, 0.25) is 0 Å². The van der Waals surface area contributed by atoms with Gasteiger partial charge in [0.1, 0.15) is 108 Å². The number of rotatable bonds is 64. The Bertz CT molecular complexity index is 4210. The van der Waals surface area contributed by atoms with E-state index in [1.54, 1.807) is 97.9 Å². The molecule has 45 nitrogen and oxygen atoms in total. The van der Waals surface area contributed by atoms with Crippen LogP contribution in [-0.4, -0.2) is 297 Å². The first-order chi connectivity index (χ1) is 68.0. The van der Waals surface area contributed by atoms with Crippen LogP contribution in [0.25, 0.3) is 0 Å². The second kappa shape index (κ2) is 70.0. The van der Waals surface area contributed by atoms with E-state index >= 15 is 4.79 Å². The first-order valence-corrected chi connectivity index (χ1v) is 51.0. The average molecular weight is 2040 g/mol. The third-order valence-corrected chi connectivity index (χ3v) is 23.9. The number of carboxylic acid groups (broad SMARTS) is 1. The summed E-state index contributed by atoms with van der Waals surface area (Å²) in [6.45, 7) is 26.8. The van der Waals surface area contributed by atoms with Crippen molar-refractivity contribution in [2.45, 2.75) is 360 Å². The lowest BCUT2D eigenvalue weighted by Crippen LogP contribution is -2.65. The summed E-state index contributed by atoms with van der Waals surface area (Å²) < 4.78 is 16.2. The summed E-state index contributed by atoms with van der Waals surface area (Å²) in [6.07, 6.45) is 7.86. The number of allylic oxidation sites excluding steroid dienone is 2. The lowest BCUT2D eigenvalue weighted by molar-refractivity contribution is -0.142. The Balaban J connectivity index is 2.57. The van der Waals surface area contributed by atoms with Crippen molar-refractivity contribution in [2.75, 3.05) is 79.0 Å². The van der Waals surface area contributed by atoms with Crippen molar-refractivity contribution in [2.24, 2.45) is 58.3 Å². The highest BCUT2D eigenvalue weighted by molar-refractivity contribution is 6.02. The van der Waals surface area contributed by atoms with E-state index in [1.165, 1.54) is 41.5 Å². The number of unbranched alkanes of at least 4 members (excludes halogenated alkanes) is 4. The molecule has 17 atom stereocenters. The van der Waals surface area contributed by atoms with Gasteiger partial charge in [-0.15, -0.1) is 0 Å². The minimum Gasteiger partial charge on any atom is -0.480 e. The van der Waals surface area contributed by atoms with Gasteiger partial charge in [0.05, 0.1) is 39.6 Å². The summed E-state index contributed by atoms with van der Waals surface area (Å²) >= 11 is 0. The molecule has 818 valence electrons. The largest absolute Gasteiger partial charge is 0.480 e. The van der Waals surface area contributed by atoms with E-state index in [1.807, 2.05) is 13.8 Å². The highest BCUT2D eigenvalue weighted by atomic mass is 16.5. The topological polar surface area (TPSA) is 710 Å². The molecule has 17 amide bonds. The molecule has 0 bridgehead atoms. The number of hydrogen-bond acceptors (Lipinski definition) is 27. The van der Waals surface area contributed by atoms with Crippen LogP contribution in [0.3, 0.4) is 0 Å². The highest BCUT2D eigenvalue weighted by Crippen LogP contribution is 2.23. The third kappa shape index (κ3) is 50.7. The predicted octanol–water partition coefficient (Wildman–Crippen LogP) is -1.32. The summed E-state index contributed by atoms with van der Waals surface area (Å²) in [7, 11) is 0. The van der Waals surface area contributed by atoms with Gasteiger partial charge in [-0.05, 0) is 244 Å². The van der Waals surface area contributed by atoms with Crippen molar-refractivity contribution in [3.05, 3.63) is 48.0 Å². The van der Waals surface area contributed by atoms with Gasteiger partial charge in [-0.3, -0.25) is 86.3 Å². The summed E-state index contributed by atoms with van der Waals surface area (Å²) in [5.74, 6) is -17.0. The van der Waals surface area contributed by atoms with E-state index in [9.17, 15) is 91.7 Å². The lowest BCUT2D eigenvalue weighted by atomic mass is 9.91. The van der Waals surface area contributed by atoms with Crippen LogP contribution < -0.4 is 119 Å². The predicted molar refractivity (Wildman–Crippen MR) is 542 cm³/mol. The van der Waals surface area contributed by atoms with Gasteiger partial charge in [-0.1, -0.05) is 112 Å². The zero-order valence-corrected chi connectivity index (χ0v) is 87.7. The lowest BCUT2D eigenvalue weighted by Gasteiger charge is -2.33. The van der Waals surface area contributed by atoms with Crippen LogP contribution >= 0.6 is 0 Å². The number of carbonyl (C=O) groups excluding carboxylic acids is 17. The molecule has 0 aliphatic carbocycles. The SMILES string of the molecule is CC(C)C[C@H](NC(=O)[C@H](C)NC(=O)[C@]1(C)CCC/C=C/CCC[C@](C)(NC(=O)[C@H](CO)NC(=O)[C@@H](NC(=O)[C@H](CC(C)C)NC(=O)[C@H](Cc2ccccc2)NC(=O)[C@H](CCCCN)NC(=O)[C@H](C)NC(=O)[C@H](CC(C)C)NC(=O)[C@H](CCCCN)NC(=O)[C@H](CCCCN)NC(=O)COCCOCCOCCN)C(C)C)C(=O)N[C@@H](C)C(=O)N[C@@H](CC(C)C)C(=O)N[C@@H](CCCCN)C(=O)N1)C(=O)N[C@@H](C)C(=O)O. The maximum absolute atomic E-state index is 15.0. The number of hydrogen-bond donors (Lipinski definition) is 24. The molecule has 144 heavy (non-hydrogen) atoms. The molecule has 0 aromatic heterocycles. The van der Waals surface area contributed by atoms with Crippen molar-refractivity contribution in [1.29, 1.82) is 0 Å². The van der Waals surface area contributed by atoms with Crippen LogP contribution in [0.4, 0.5) is 0 Å². The third-order valence-electron chi connectivity index (χ3n) is 23.9. The van der Waals surface area contributed by atoms with Gasteiger partial charge in [0.25, 0.3) is 0 Å². The maximum Gasteiger partial charge on any atom is 0.325 e. The molecule has 1 heterocycles. The van der Waals surface area contributed by atoms with Crippen molar-refractivity contribution in [3.63, 3.8) is 0 Å². The maximum atomic E-state index is 15.0. The second-order valence-electron chi connectivity index (χ2n) is 39.6. The van der Waals surface area contributed by atoms with Gasteiger partial charge in [0, 0.05) is 13.0 Å². The minimum atomic E-state index is -1.93. The number of nitrogens with two attached hydrogens (primary N) is 5. The van der Waals surface area contributed by atoms with Crippen LogP contribution in [-0.2, 0) is 107 Å². The van der Waals surface area contributed by atoms with Crippen molar-refractivity contribution >= 4 is 106 Å². The van der Waals surface area contributed by atoms with E-state index in [2.05, 4.69) is 90.4 Å². The molecule has 1 aromatic carbocycles. The number of carboxylic acids is 1. The van der Waals surface area contributed by atoms with Crippen LogP contribution in [0.5, 0.6) is 0 Å². The van der Waals surface area contributed by atoms with E-state index in [-0.39, 0.29) is 146 Å². The molecule has 1 aliphatic rings. The number of aliphatic carboxylic acids is 1. The zero-order valence-electron chi connectivity index (χ0n) is 87.7. The molecule has 29 N–H and O–H groups in total. The second-order valence-corrected chi connectivity index (χ2v) is 39.6. The van der Waals surface area contributed by atoms with Gasteiger partial charge in [-0.25, -0.2) is 0 Å². The van der Waals surface area contributed by atoms with Crippen LogP contribution in [0.15, 0.2) is 42.5 Å². The smallest absolute Gasteiger partial charge is 0.325 e. The number of aliphatic hydroxyl groups excluding tert-OH is 1. The van der Waals surface area contributed by atoms with Gasteiger partial charge in [-0.2, -0.15) is 0 Å². The standard InChI is InChI=1S/C99H174N22O23/c1-59(2)52-73(88(131)106-67(14)95(138)139)113-82(125)65(12)107-96(140)98(15)40-28-19-17-18-20-29-41-99(16,97(141)108-66(13)83(126)114-75(54-61(5)6)89(132)112-72(92(135)120-98)39-27-33-45-103)121-93(136)78(57-122)118-94(137)80(63(9)10)119-91(134)76(55-62(7)8)116-90(133)77(56-68-34-22-21-23-35-68)117-85(128)70(37-25-31-43-101)110-81(124)64(11)105-87(130)74(53-60(3)4)115-86(129)71(38-26-32-44-102)111-84(127)69(36-24-30-42-100)109-79(123)58-144-51-50-143-49-48-142-47-46-104/h17-18,21-23,34-35,59-67,69-78,80,122H,19-20,24-33,36-58,100-104H2,1-16H3,(H,105,130)(H,106,131)(H,107,140)(H,108,141)(H,109,123)(H,110,124)(H,111,127)(H,112,132)(H,113,125)(H,114,126)(H,115,129)(H,116,133)(H,117,128)(H,118,137)(H,119,134)(H,120,135)(H,121,136)(H,138,139)/b18-17+/t64-,65-,66-,67-,69-,70-,71-,72-,73-,74-,75-,76-,77-,78-,80-,98-,99-/m0/s1. The Morgan fingerprint density at radius 1 is 0.417 bits per heavy atom. The van der Waals surface area contributed by atoms with Gasteiger partial charge in [0.2, 0.25) is 100 Å². The summed E-state index contributed by atoms with van der Waals surface area (Å²) in [5, 5.41) is 66.1. The molecule has 0 saturated heterocycles. The van der Waals surface area contributed by atoms with E-state index in [0.717, 1.165) is 0 Å². The van der Waals surface area contributed by atoms with E-state index in [0.29, 0.717) is 96.3 Å². The van der Waals surface area contributed by atoms with Crippen LogP contribution in [0, 0.1) is 29.6 Å². The molecule has 1 aromatic rings. The number of aliphatic hydroxyl groups is 1. The molecule has 0 unspecified atom stereocenters. The zero-order chi connectivity index (χ0) is 108. The number of nitrogens with one attached hydrogen (secondary N) is 17. The van der Waals surface area contributed by atoms with Crippen LogP contribution in [0.1, 0.15) is 258 Å². The first kappa shape index (κ1) is 129. The highest BCUT2D eigenvalue weighted by Gasteiger charge is 2.44. The molecule has 0 fully saturated rings. The Morgan fingerprint density at radius 2 is 0.833 bits per heavy atom. The fourth-order valence-corrected chi connectivity index (χ4v) is 15.5. The monoisotopic (exact) mass is 2040 g/mol. The molecular weight excluding hydrogens is 1870 g/mol. The summed E-state index contributed by atoms with van der Waals surface area (Å²) in [4.78, 5) is 256. The minimum absolute atomic E-state index is 0.0171.